The quantitative estimate of drug-likeness (QED) is 0.646. The van der Waals surface area contributed by atoms with Crippen LogP contribution in [0.5, 0.6) is 0 Å². The number of aliphatic carboxylic acids is 1. The van der Waals surface area contributed by atoms with Crippen LogP contribution in [-0.2, 0) is 9.59 Å². The van der Waals surface area contributed by atoms with E-state index in [2.05, 4.69) is 20.8 Å². The van der Waals surface area contributed by atoms with Crippen molar-refractivity contribution in [2.24, 2.45) is 5.92 Å². The summed E-state index contributed by atoms with van der Waals surface area (Å²) in [5.41, 5.74) is 0. The van der Waals surface area contributed by atoms with Crippen molar-refractivity contribution in [3.63, 3.8) is 0 Å². The molecule has 2 rings (SSSR count). The fraction of sp³-hybridized carbons (Fsp3) is 0.750. The number of hydrogen-bond donors (Lipinski definition) is 2. The van der Waals surface area contributed by atoms with Crippen LogP contribution in [-0.4, -0.2) is 49.5 Å². The highest BCUT2D eigenvalue weighted by Crippen LogP contribution is 2.36. The van der Waals surface area contributed by atoms with E-state index < -0.39 is 5.97 Å². The largest absolute Gasteiger partial charge is 0.481 e. The van der Waals surface area contributed by atoms with Crippen LogP contribution in [0.15, 0.2) is 5.16 Å². The molecule has 1 unspecified atom stereocenters. The van der Waals surface area contributed by atoms with Gasteiger partial charge in [0.25, 0.3) is 0 Å². The molecular formula is C12H19N5O3S. The minimum Gasteiger partial charge on any atom is -0.481 e. The number of hydrogen-bond acceptors (Lipinski definition) is 6. The molecule has 1 aliphatic rings. The van der Waals surface area contributed by atoms with Gasteiger partial charge >= 0.3 is 5.97 Å². The maximum atomic E-state index is 11.8. The van der Waals surface area contributed by atoms with Gasteiger partial charge in [-0.3, -0.25) is 9.59 Å². The Morgan fingerprint density at radius 3 is 2.90 bits per heavy atom. The summed E-state index contributed by atoms with van der Waals surface area (Å²) in [6, 6.07) is 0.380. The summed E-state index contributed by atoms with van der Waals surface area (Å²) in [4.78, 5) is 22.4. The molecule has 8 nitrogen and oxygen atoms in total. The number of nitrogens with one attached hydrogen (secondary N) is 1. The molecule has 0 spiro atoms. The lowest BCUT2D eigenvalue weighted by atomic mass is 10.0. The van der Waals surface area contributed by atoms with Crippen molar-refractivity contribution >= 4 is 23.6 Å². The van der Waals surface area contributed by atoms with E-state index in [1.807, 2.05) is 6.92 Å². The fourth-order valence-electron chi connectivity index (χ4n) is 1.88. The van der Waals surface area contributed by atoms with Crippen LogP contribution in [0.3, 0.4) is 0 Å². The summed E-state index contributed by atoms with van der Waals surface area (Å²) >= 11 is 1.30. The second-order valence-electron chi connectivity index (χ2n) is 5.10. The highest BCUT2D eigenvalue weighted by Gasteiger charge is 2.28. The molecule has 1 aromatic heterocycles. The number of nitrogens with zero attached hydrogens (tertiary/aromatic N) is 4. The number of amides is 1. The first-order valence-electron chi connectivity index (χ1n) is 6.99. The van der Waals surface area contributed by atoms with E-state index in [0.717, 1.165) is 19.3 Å². The normalized spacial score (nSPS) is 15.7. The van der Waals surface area contributed by atoms with Gasteiger partial charge in [0.05, 0.1) is 11.8 Å². The van der Waals surface area contributed by atoms with Gasteiger partial charge in [-0.2, -0.15) is 0 Å². The molecule has 1 aromatic rings. The third-order valence-corrected chi connectivity index (χ3v) is 4.25. The molecule has 0 bridgehead atoms. The number of carbonyl (C=O) groups excluding carboxylic acids is 1. The Bertz CT molecular complexity index is 503. The number of aromatic nitrogens is 4. The second kappa shape index (κ2) is 7.39. The molecule has 0 saturated heterocycles. The molecule has 0 aromatic carbocycles. The monoisotopic (exact) mass is 313 g/mol. The number of rotatable bonds is 9. The van der Waals surface area contributed by atoms with Gasteiger partial charge in [-0.1, -0.05) is 25.1 Å². The van der Waals surface area contributed by atoms with Crippen LogP contribution in [0.4, 0.5) is 0 Å². The van der Waals surface area contributed by atoms with E-state index in [-0.39, 0.29) is 24.0 Å². The number of carbonyl (C=O) groups is 2. The van der Waals surface area contributed by atoms with E-state index in [0.29, 0.717) is 17.7 Å². The first-order valence-corrected chi connectivity index (χ1v) is 7.97. The van der Waals surface area contributed by atoms with Gasteiger partial charge in [0.15, 0.2) is 0 Å². The molecule has 1 aliphatic carbocycles. The third kappa shape index (κ3) is 5.00. The molecule has 9 heteroatoms. The molecule has 0 aliphatic heterocycles. The predicted molar refractivity (Wildman–Crippen MR) is 75.9 cm³/mol. The maximum absolute atomic E-state index is 11.8. The number of tetrazole rings is 1. The lowest BCUT2D eigenvalue weighted by Gasteiger charge is -2.13. The fourth-order valence-corrected chi connectivity index (χ4v) is 2.65. The molecule has 2 N–H and O–H groups in total. The molecule has 1 fully saturated rings. The zero-order chi connectivity index (χ0) is 15.2. The molecule has 21 heavy (non-hydrogen) atoms. The highest BCUT2D eigenvalue weighted by molar-refractivity contribution is 7.99. The van der Waals surface area contributed by atoms with Crippen LogP contribution >= 0.6 is 11.8 Å². The van der Waals surface area contributed by atoms with E-state index >= 15 is 0 Å². The topological polar surface area (TPSA) is 110 Å². The third-order valence-electron chi connectivity index (χ3n) is 3.32. The SMILES string of the molecule is CCC(CNC(=O)CSc1nnnn1C1CC1)CC(=O)O. The van der Waals surface area contributed by atoms with E-state index in [1.165, 1.54) is 11.8 Å². The summed E-state index contributed by atoms with van der Waals surface area (Å²) in [5, 5.41) is 23.6. The number of carboxylic acid groups (broad SMARTS) is 1. The smallest absolute Gasteiger partial charge is 0.303 e. The van der Waals surface area contributed by atoms with Gasteiger partial charge < -0.3 is 10.4 Å². The first kappa shape index (κ1) is 15.7. The van der Waals surface area contributed by atoms with Gasteiger partial charge in [0.2, 0.25) is 11.1 Å². The van der Waals surface area contributed by atoms with Crippen molar-refractivity contribution in [2.75, 3.05) is 12.3 Å². The summed E-state index contributed by atoms with van der Waals surface area (Å²) < 4.78 is 1.76. The molecule has 0 radical (unpaired) electrons. The zero-order valence-electron chi connectivity index (χ0n) is 11.9. The molecule has 1 amide bonds. The van der Waals surface area contributed by atoms with Crippen LogP contribution in [0.1, 0.15) is 38.6 Å². The Morgan fingerprint density at radius 1 is 1.52 bits per heavy atom. The Hall–Kier alpha value is -1.64. The minimum atomic E-state index is -0.839. The number of carboxylic acids is 1. The van der Waals surface area contributed by atoms with Crippen LogP contribution in [0, 0.1) is 5.92 Å². The van der Waals surface area contributed by atoms with Crippen molar-refractivity contribution < 1.29 is 14.7 Å². The van der Waals surface area contributed by atoms with E-state index in [1.54, 1.807) is 4.68 Å². The van der Waals surface area contributed by atoms with E-state index in [9.17, 15) is 9.59 Å². The maximum Gasteiger partial charge on any atom is 0.303 e. The van der Waals surface area contributed by atoms with E-state index in [4.69, 9.17) is 5.11 Å². The Labute approximate surface area is 126 Å². The van der Waals surface area contributed by atoms with Gasteiger partial charge in [0, 0.05) is 13.0 Å². The van der Waals surface area contributed by atoms with Crippen molar-refractivity contribution in [1.29, 1.82) is 0 Å². The summed E-state index contributed by atoms with van der Waals surface area (Å²) in [5.74, 6) is -0.771. The Kier molecular flexibility index (Phi) is 5.54. The van der Waals surface area contributed by atoms with Crippen LogP contribution in [0.25, 0.3) is 0 Å². The molecule has 1 heterocycles. The van der Waals surface area contributed by atoms with Crippen molar-refractivity contribution in [2.45, 2.75) is 43.8 Å². The number of thioether (sulfide) groups is 1. The van der Waals surface area contributed by atoms with Crippen molar-refractivity contribution in [1.82, 2.24) is 25.5 Å². The summed E-state index contributed by atoms with van der Waals surface area (Å²) in [6.45, 7) is 2.30. The average Bonchev–Trinajstić information content (AvgIpc) is 3.19. The van der Waals surface area contributed by atoms with Crippen molar-refractivity contribution in [3.8, 4) is 0 Å². The highest BCUT2D eigenvalue weighted by atomic mass is 32.2. The lowest BCUT2D eigenvalue weighted by molar-refractivity contribution is -0.138. The summed E-state index contributed by atoms with van der Waals surface area (Å²) in [7, 11) is 0. The Balaban J connectivity index is 1.71. The predicted octanol–water partition coefficient (Wildman–Crippen LogP) is 0.717. The van der Waals surface area contributed by atoms with Crippen LogP contribution in [0.2, 0.25) is 0 Å². The molecule has 1 atom stereocenters. The van der Waals surface area contributed by atoms with Gasteiger partial charge in [-0.05, 0) is 29.2 Å². The second-order valence-corrected chi connectivity index (χ2v) is 6.04. The molecule has 116 valence electrons. The van der Waals surface area contributed by atoms with Gasteiger partial charge in [-0.15, -0.1) is 5.10 Å². The minimum absolute atomic E-state index is 0.0340. The van der Waals surface area contributed by atoms with Crippen molar-refractivity contribution in [3.05, 3.63) is 0 Å². The summed E-state index contributed by atoms with van der Waals surface area (Å²) in [6.07, 6.45) is 2.96. The Morgan fingerprint density at radius 2 is 2.29 bits per heavy atom. The standard InChI is InChI=1S/C12H19N5O3S/c1-2-8(5-11(19)20)6-13-10(18)7-21-12-14-15-16-17(12)9-3-4-9/h8-9H,2-7H2,1H3,(H,13,18)(H,19,20). The van der Waals surface area contributed by atoms with Gasteiger partial charge in [0.1, 0.15) is 0 Å². The van der Waals surface area contributed by atoms with Crippen LogP contribution < -0.4 is 5.32 Å². The molecular weight excluding hydrogens is 294 g/mol. The lowest BCUT2D eigenvalue weighted by Crippen LogP contribution is -2.31. The zero-order valence-corrected chi connectivity index (χ0v) is 12.7. The average molecular weight is 313 g/mol. The van der Waals surface area contributed by atoms with Gasteiger partial charge in [-0.25, -0.2) is 4.68 Å². The first-order chi connectivity index (χ1) is 10.1. The molecule has 1 saturated carbocycles.